The third kappa shape index (κ3) is 4.39. The number of carbonyl (C=O) groups is 3. The van der Waals surface area contributed by atoms with Crippen LogP contribution in [0.1, 0.15) is 29.3 Å². The third-order valence-corrected chi connectivity index (χ3v) is 4.92. The Hall–Kier alpha value is -3.02. The number of aromatic nitrogens is 1. The van der Waals surface area contributed by atoms with Crippen LogP contribution < -0.4 is 4.90 Å². The van der Waals surface area contributed by atoms with E-state index < -0.39 is 0 Å². The Labute approximate surface area is 158 Å². The van der Waals surface area contributed by atoms with E-state index in [9.17, 15) is 14.4 Å². The van der Waals surface area contributed by atoms with Crippen LogP contribution in [0.15, 0.2) is 48.8 Å². The lowest BCUT2D eigenvalue weighted by atomic mass is 10.1. The Morgan fingerprint density at radius 3 is 2.44 bits per heavy atom. The molecule has 1 saturated heterocycles. The van der Waals surface area contributed by atoms with Gasteiger partial charge < -0.3 is 9.80 Å². The number of Topliss-reactive ketones (excluding diaryl/α,β-unsaturated/α-hetero) is 1. The number of carbonyl (C=O) groups excluding carboxylic acids is 3. The molecule has 1 aliphatic heterocycles. The summed E-state index contributed by atoms with van der Waals surface area (Å²) in [7, 11) is 1.78. The first-order chi connectivity index (χ1) is 13.0. The maximum Gasteiger partial charge on any atom is 0.227 e. The highest BCUT2D eigenvalue weighted by atomic mass is 16.2. The van der Waals surface area contributed by atoms with Gasteiger partial charge in [0.2, 0.25) is 11.8 Å². The van der Waals surface area contributed by atoms with Crippen molar-refractivity contribution in [3.8, 4) is 0 Å². The molecule has 1 aromatic heterocycles. The Morgan fingerprint density at radius 1 is 1.15 bits per heavy atom. The summed E-state index contributed by atoms with van der Waals surface area (Å²) in [6.45, 7) is 2.48. The van der Waals surface area contributed by atoms with Gasteiger partial charge in [0, 0.05) is 50.2 Å². The van der Waals surface area contributed by atoms with Crippen molar-refractivity contribution < 1.29 is 14.4 Å². The molecular formula is C21H23N3O3. The van der Waals surface area contributed by atoms with Gasteiger partial charge in [0.25, 0.3) is 0 Å². The van der Waals surface area contributed by atoms with Crippen LogP contribution in [0.3, 0.4) is 0 Å². The highest BCUT2D eigenvalue weighted by Crippen LogP contribution is 2.26. The molecule has 1 atom stereocenters. The fourth-order valence-corrected chi connectivity index (χ4v) is 3.27. The monoisotopic (exact) mass is 365 g/mol. The zero-order chi connectivity index (χ0) is 19.4. The second-order valence-corrected chi connectivity index (χ2v) is 6.87. The van der Waals surface area contributed by atoms with Gasteiger partial charge in [0.1, 0.15) is 0 Å². The molecule has 140 valence electrons. The lowest BCUT2D eigenvalue weighted by molar-refractivity contribution is -0.134. The number of nitrogens with zero attached hydrogens (tertiary/aromatic N) is 3. The fraction of sp³-hybridized carbons (Fsp3) is 0.333. The van der Waals surface area contributed by atoms with Crippen LogP contribution in [-0.2, 0) is 16.0 Å². The Morgan fingerprint density at radius 2 is 1.81 bits per heavy atom. The van der Waals surface area contributed by atoms with Crippen molar-refractivity contribution in [1.29, 1.82) is 0 Å². The number of pyridine rings is 1. The zero-order valence-corrected chi connectivity index (χ0v) is 15.6. The molecule has 3 rings (SSSR count). The van der Waals surface area contributed by atoms with Gasteiger partial charge in [-0.3, -0.25) is 19.4 Å². The van der Waals surface area contributed by atoms with E-state index in [1.54, 1.807) is 53.5 Å². The molecular weight excluding hydrogens is 342 g/mol. The van der Waals surface area contributed by atoms with Gasteiger partial charge in [-0.25, -0.2) is 0 Å². The molecule has 1 fully saturated rings. The topological polar surface area (TPSA) is 70.6 Å². The van der Waals surface area contributed by atoms with Crippen molar-refractivity contribution in [3.63, 3.8) is 0 Å². The highest BCUT2D eigenvalue weighted by Gasteiger charge is 2.36. The standard InChI is InChI=1S/C21H23N3O3/c1-15(25)17-3-5-19(6-4-17)24-14-18(13-20(24)26)21(27)23(2)12-9-16-7-10-22-11-8-16/h3-8,10-11,18H,9,12-14H2,1-2H3. The van der Waals surface area contributed by atoms with Crippen LogP contribution >= 0.6 is 0 Å². The molecule has 1 aromatic carbocycles. The lowest BCUT2D eigenvalue weighted by Crippen LogP contribution is -2.36. The van der Waals surface area contributed by atoms with E-state index in [1.165, 1.54) is 6.92 Å². The first kappa shape index (κ1) is 18.8. The number of rotatable bonds is 6. The number of likely N-dealkylation sites (N-methyl/N-ethyl adjacent to an activating group) is 1. The number of hydrogen-bond acceptors (Lipinski definition) is 4. The van der Waals surface area contributed by atoms with E-state index in [1.807, 2.05) is 12.1 Å². The van der Waals surface area contributed by atoms with Gasteiger partial charge in [0.15, 0.2) is 5.78 Å². The predicted octanol–water partition coefficient (Wildman–Crippen LogP) is 2.34. The second kappa shape index (κ2) is 8.12. The van der Waals surface area contributed by atoms with E-state index >= 15 is 0 Å². The molecule has 0 bridgehead atoms. The normalized spacial score (nSPS) is 16.4. The zero-order valence-electron chi connectivity index (χ0n) is 15.6. The van der Waals surface area contributed by atoms with Gasteiger partial charge in [-0.1, -0.05) is 0 Å². The van der Waals surface area contributed by atoms with Crippen molar-refractivity contribution >= 4 is 23.3 Å². The first-order valence-electron chi connectivity index (χ1n) is 9.01. The fourth-order valence-electron chi connectivity index (χ4n) is 3.27. The number of amides is 2. The maximum atomic E-state index is 12.7. The summed E-state index contributed by atoms with van der Waals surface area (Å²) < 4.78 is 0. The van der Waals surface area contributed by atoms with Crippen LogP contribution in [0.25, 0.3) is 0 Å². The molecule has 2 aromatic rings. The van der Waals surface area contributed by atoms with Crippen molar-refractivity contribution in [2.45, 2.75) is 19.8 Å². The Bertz CT molecular complexity index is 834. The Kier molecular flexibility index (Phi) is 5.64. The Balaban J connectivity index is 1.60. The molecule has 2 heterocycles. The summed E-state index contributed by atoms with van der Waals surface area (Å²) in [5.74, 6) is -0.433. The maximum absolute atomic E-state index is 12.7. The first-order valence-corrected chi connectivity index (χ1v) is 9.01. The molecule has 0 radical (unpaired) electrons. The summed E-state index contributed by atoms with van der Waals surface area (Å²) in [5, 5.41) is 0. The van der Waals surface area contributed by atoms with Gasteiger partial charge in [-0.15, -0.1) is 0 Å². The van der Waals surface area contributed by atoms with E-state index in [0.29, 0.717) is 18.7 Å². The SMILES string of the molecule is CC(=O)c1ccc(N2CC(C(=O)N(C)CCc3ccncc3)CC2=O)cc1. The van der Waals surface area contributed by atoms with Crippen molar-refractivity contribution in [2.24, 2.45) is 5.92 Å². The molecule has 6 nitrogen and oxygen atoms in total. The summed E-state index contributed by atoms with van der Waals surface area (Å²) >= 11 is 0. The number of benzene rings is 1. The highest BCUT2D eigenvalue weighted by molar-refractivity contribution is 6.01. The van der Waals surface area contributed by atoms with E-state index in [4.69, 9.17) is 0 Å². The molecule has 0 aliphatic carbocycles. The van der Waals surface area contributed by atoms with E-state index in [-0.39, 0.29) is 29.9 Å². The van der Waals surface area contributed by atoms with Crippen LogP contribution in [-0.4, -0.2) is 47.6 Å². The average Bonchev–Trinajstić information content (AvgIpc) is 3.08. The second-order valence-electron chi connectivity index (χ2n) is 6.87. The number of ketones is 1. The smallest absolute Gasteiger partial charge is 0.227 e. The van der Waals surface area contributed by atoms with Crippen LogP contribution in [0.2, 0.25) is 0 Å². The minimum absolute atomic E-state index is 0.0136. The molecule has 27 heavy (non-hydrogen) atoms. The van der Waals surface area contributed by atoms with Crippen LogP contribution in [0.5, 0.6) is 0 Å². The molecule has 0 saturated carbocycles. The molecule has 2 amide bonds. The van der Waals surface area contributed by atoms with Crippen LogP contribution in [0.4, 0.5) is 5.69 Å². The van der Waals surface area contributed by atoms with E-state index in [0.717, 1.165) is 17.7 Å². The van der Waals surface area contributed by atoms with Gasteiger partial charge >= 0.3 is 0 Å². The third-order valence-electron chi connectivity index (χ3n) is 4.92. The van der Waals surface area contributed by atoms with Crippen molar-refractivity contribution in [2.75, 3.05) is 25.0 Å². The average molecular weight is 365 g/mol. The summed E-state index contributed by atoms with van der Waals surface area (Å²) in [6.07, 6.45) is 4.44. The lowest BCUT2D eigenvalue weighted by Gasteiger charge is -2.21. The van der Waals surface area contributed by atoms with Crippen LogP contribution in [0, 0.1) is 5.92 Å². The quantitative estimate of drug-likeness (QED) is 0.737. The largest absolute Gasteiger partial charge is 0.345 e. The minimum atomic E-state index is -0.340. The summed E-state index contributed by atoms with van der Waals surface area (Å²) in [5.41, 5.74) is 2.45. The molecule has 1 unspecified atom stereocenters. The predicted molar refractivity (Wildman–Crippen MR) is 102 cm³/mol. The van der Waals surface area contributed by atoms with E-state index in [2.05, 4.69) is 4.98 Å². The number of hydrogen-bond donors (Lipinski definition) is 0. The van der Waals surface area contributed by atoms with Gasteiger partial charge in [0.05, 0.1) is 5.92 Å². The van der Waals surface area contributed by atoms with Crippen molar-refractivity contribution in [3.05, 3.63) is 59.9 Å². The number of anilines is 1. The minimum Gasteiger partial charge on any atom is -0.345 e. The van der Waals surface area contributed by atoms with Crippen molar-refractivity contribution in [1.82, 2.24) is 9.88 Å². The summed E-state index contributed by atoms with van der Waals surface area (Å²) in [6, 6.07) is 10.8. The van der Waals surface area contributed by atoms with Gasteiger partial charge in [-0.05, 0) is 55.3 Å². The van der Waals surface area contributed by atoms with Gasteiger partial charge in [-0.2, -0.15) is 0 Å². The summed E-state index contributed by atoms with van der Waals surface area (Å²) in [4.78, 5) is 43.8. The molecule has 1 aliphatic rings. The molecule has 0 spiro atoms. The molecule has 0 N–H and O–H groups in total. The molecule has 6 heteroatoms.